The Morgan fingerprint density at radius 3 is 1.06 bits per heavy atom. The van der Waals surface area contributed by atoms with Crippen LogP contribution in [-0.2, 0) is 0 Å². The van der Waals surface area contributed by atoms with E-state index in [1.54, 1.807) is 51.4 Å². The van der Waals surface area contributed by atoms with Crippen LogP contribution in [0.3, 0.4) is 0 Å². The minimum absolute atomic E-state index is 0.780. The van der Waals surface area contributed by atoms with Crippen LogP contribution < -0.4 is 0 Å². The summed E-state index contributed by atoms with van der Waals surface area (Å²) in [6.07, 6.45) is 21.7. The second-order valence-corrected chi connectivity index (χ2v) is 8.67. The molecule has 0 atom stereocenters. The van der Waals surface area contributed by atoms with Gasteiger partial charge in [-0.15, -0.1) is 0 Å². The van der Waals surface area contributed by atoms with E-state index in [0.29, 0.717) is 0 Å². The first-order valence-corrected chi connectivity index (χ1v) is 9.63. The fraction of sp³-hybridized carbons (Fsp3) is 1.00. The molecule has 0 spiro atoms. The van der Waals surface area contributed by atoms with Gasteiger partial charge in [0.05, 0.1) is 0 Å². The molecular formula is C16H30Al. The van der Waals surface area contributed by atoms with Crippen molar-refractivity contribution in [3.63, 3.8) is 0 Å². The third-order valence-corrected chi connectivity index (χ3v) is 7.27. The molecule has 97 valence electrons. The van der Waals surface area contributed by atoms with Crippen molar-refractivity contribution in [2.24, 2.45) is 0 Å². The van der Waals surface area contributed by atoms with Crippen LogP contribution in [0.1, 0.15) is 89.9 Å². The van der Waals surface area contributed by atoms with Crippen molar-refractivity contribution in [1.29, 1.82) is 0 Å². The highest BCUT2D eigenvalue weighted by Crippen LogP contribution is 2.34. The Morgan fingerprint density at radius 1 is 0.412 bits per heavy atom. The SMILES string of the molecule is C1CCC[CH]([Al][CH]2CCCCCCC2)CCC1. The maximum absolute atomic E-state index is 1.59. The first kappa shape index (κ1) is 14.0. The highest BCUT2D eigenvalue weighted by molar-refractivity contribution is 6.39. The van der Waals surface area contributed by atoms with E-state index in [9.17, 15) is 0 Å². The third-order valence-electron chi connectivity index (χ3n) is 4.84. The maximum Gasteiger partial charge on any atom is 0.210 e. The molecule has 0 saturated heterocycles. The Kier molecular flexibility index (Phi) is 7.06. The topological polar surface area (TPSA) is 0 Å². The fourth-order valence-electron chi connectivity index (χ4n) is 3.75. The van der Waals surface area contributed by atoms with Gasteiger partial charge in [0.25, 0.3) is 0 Å². The lowest BCUT2D eigenvalue weighted by molar-refractivity contribution is 0.477. The highest BCUT2D eigenvalue weighted by atomic mass is 27.1. The molecule has 17 heavy (non-hydrogen) atoms. The Balaban J connectivity index is 1.72. The second kappa shape index (κ2) is 8.60. The Morgan fingerprint density at radius 2 is 0.706 bits per heavy atom. The quantitative estimate of drug-likeness (QED) is 0.546. The van der Waals surface area contributed by atoms with Crippen molar-refractivity contribution in [2.45, 2.75) is 99.5 Å². The third kappa shape index (κ3) is 5.80. The molecule has 0 N–H and O–H groups in total. The van der Waals surface area contributed by atoms with Crippen molar-refractivity contribution >= 4 is 15.2 Å². The molecule has 2 rings (SSSR count). The van der Waals surface area contributed by atoms with E-state index in [1.807, 2.05) is 0 Å². The van der Waals surface area contributed by atoms with Crippen LogP contribution >= 0.6 is 0 Å². The predicted octanol–water partition coefficient (Wildman–Crippen LogP) is 5.76. The van der Waals surface area contributed by atoms with Gasteiger partial charge in [0, 0.05) is 0 Å². The lowest BCUT2D eigenvalue weighted by Gasteiger charge is -2.25. The zero-order valence-electron chi connectivity index (χ0n) is 11.6. The predicted molar refractivity (Wildman–Crippen MR) is 77.9 cm³/mol. The first-order chi connectivity index (χ1) is 8.45. The van der Waals surface area contributed by atoms with Gasteiger partial charge in [-0.3, -0.25) is 0 Å². The molecular weight excluding hydrogens is 219 g/mol. The normalized spacial score (nSPS) is 26.6. The lowest BCUT2D eigenvalue weighted by Crippen LogP contribution is -2.14. The molecule has 0 aromatic carbocycles. The van der Waals surface area contributed by atoms with E-state index in [4.69, 9.17) is 0 Å². The summed E-state index contributed by atoms with van der Waals surface area (Å²) in [7, 11) is 0. The molecule has 0 aliphatic heterocycles. The summed E-state index contributed by atoms with van der Waals surface area (Å²) in [5.74, 6) is 0. The van der Waals surface area contributed by atoms with E-state index in [2.05, 4.69) is 0 Å². The van der Waals surface area contributed by atoms with E-state index in [1.165, 1.54) is 48.1 Å². The van der Waals surface area contributed by atoms with Gasteiger partial charge in [-0.1, -0.05) is 99.5 Å². The Hall–Kier alpha value is 0.532. The molecule has 2 fully saturated rings. The molecule has 2 aliphatic rings. The molecule has 1 radical (unpaired) electrons. The average Bonchev–Trinajstić information content (AvgIpc) is 2.24. The first-order valence-electron chi connectivity index (χ1n) is 8.30. The summed E-state index contributed by atoms with van der Waals surface area (Å²) in [6.45, 7) is 0. The minimum atomic E-state index is 0.780. The molecule has 2 saturated carbocycles. The van der Waals surface area contributed by atoms with Gasteiger partial charge < -0.3 is 0 Å². The molecule has 2 aliphatic carbocycles. The Bertz CT molecular complexity index is 154. The molecule has 0 amide bonds. The van der Waals surface area contributed by atoms with Gasteiger partial charge in [0.15, 0.2) is 0 Å². The van der Waals surface area contributed by atoms with Gasteiger partial charge in [-0.2, -0.15) is 0 Å². The summed E-state index contributed by atoms with van der Waals surface area (Å²) in [5.41, 5.74) is 0. The number of rotatable bonds is 2. The van der Waals surface area contributed by atoms with Crippen LogP contribution in [-0.4, -0.2) is 15.2 Å². The van der Waals surface area contributed by atoms with Crippen LogP contribution in [0.15, 0.2) is 0 Å². The standard InChI is InChI=1S/2C8H15.Al/c2*1-2-4-6-8-7-5-3-1;/h2*1H,2-8H2;. The van der Waals surface area contributed by atoms with Crippen molar-refractivity contribution in [1.82, 2.24) is 0 Å². The minimum Gasteiger partial charge on any atom is -0.0929 e. The molecule has 0 aromatic rings. The second-order valence-electron chi connectivity index (χ2n) is 6.40. The zero-order valence-corrected chi connectivity index (χ0v) is 12.8. The van der Waals surface area contributed by atoms with E-state index < -0.39 is 0 Å². The van der Waals surface area contributed by atoms with Crippen molar-refractivity contribution < 1.29 is 0 Å². The van der Waals surface area contributed by atoms with Gasteiger partial charge in [-0.05, 0) is 0 Å². The summed E-state index contributed by atoms with van der Waals surface area (Å²) in [5, 5.41) is 0. The summed E-state index contributed by atoms with van der Waals surface area (Å²) in [4.78, 5) is 0. The monoisotopic (exact) mass is 249 g/mol. The summed E-state index contributed by atoms with van der Waals surface area (Å²) in [6, 6.07) is 0. The van der Waals surface area contributed by atoms with E-state index >= 15 is 0 Å². The van der Waals surface area contributed by atoms with Gasteiger partial charge in [0.2, 0.25) is 15.2 Å². The Labute approximate surface area is 115 Å². The van der Waals surface area contributed by atoms with Gasteiger partial charge in [0.1, 0.15) is 0 Å². The molecule has 0 unspecified atom stereocenters. The fourth-order valence-corrected chi connectivity index (χ4v) is 6.23. The molecule has 0 nitrogen and oxygen atoms in total. The van der Waals surface area contributed by atoms with Crippen LogP contribution in [0.2, 0.25) is 9.56 Å². The largest absolute Gasteiger partial charge is 0.210 e. The smallest absolute Gasteiger partial charge is 0.0929 e. The van der Waals surface area contributed by atoms with Crippen molar-refractivity contribution in [3.8, 4) is 0 Å². The number of hydrogen-bond acceptors (Lipinski definition) is 0. The molecule has 1 heteroatoms. The number of hydrogen-bond donors (Lipinski definition) is 0. The van der Waals surface area contributed by atoms with Crippen LogP contribution in [0.25, 0.3) is 0 Å². The van der Waals surface area contributed by atoms with E-state index in [0.717, 1.165) is 15.2 Å². The molecule has 0 aromatic heterocycles. The van der Waals surface area contributed by atoms with Gasteiger partial charge >= 0.3 is 0 Å². The van der Waals surface area contributed by atoms with Crippen LogP contribution in [0.5, 0.6) is 0 Å². The van der Waals surface area contributed by atoms with Crippen LogP contribution in [0, 0.1) is 0 Å². The molecule has 0 heterocycles. The zero-order chi connectivity index (χ0) is 11.8. The average molecular weight is 249 g/mol. The molecule has 0 bridgehead atoms. The van der Waals surface area contributed by atoms with Crippen molar-refractivity contribution in [3.05, 3.63) is 0 Å². The highest BCUT2D eigenvalue weighted by Gasteiger charge is 2.20. The lowest BCUT2D eigenvalue weighted by atomic mass is 10.00. The van der Waals surface area contributed by atoms with Crippen LogP contribution in [0.4, 0.5) is 0 Å². The van der Waals surface area contributed by atoms with Gasteiger partial charge in [-0.25, -0.2) is 0 Å². The maximum atomic E-state index is 1.59. The van der Waals surface area contributed by atoms with Crippen molar-refractivity contribution in [2.75, 3.05) is 0 Å². The summed E-state index contributed by atoms with van der Waals surface area (Å²) >= 11 is 0.780. The van der Waals surface area contributed by atoms with E-state index in [-0.39, 0.29) is 0 Å². The summed E-state index contributed by atoms with van der Waals surface area (Å²) < 4.78 is 2.36.